The molecule has 2 aromatic heterocycles. The van der Waals surface area contributed by atoms with E-state index in [4.69, 9.17) is 15.9 Å². The zero-order valence-corrected chi connectivity index (χ0v) is 16.6. The first kappa shape index (κ1) is 18.2. The summed E-state index contributed by atoms with van der Waals surface area (Å²) in [6.45, 7) is 3.96. The molecule has 0 saturated carbocycles. The minimum absolute atomic E-state index is 0.0201. The lowest BCUT2D eigenvalue weighted by Crippen LogP contribution is -2.08. The summed E-state index contributed by atoms with van der Waals surface area (Å²) >= 11 is 1.70. The molecular formula is C23H21N3OS. The maximum atomic E-state index is 7.83. The van der Waals surface area contributed by atoms with Gasteiger partial charge >= 0.3 is 0 Å². The van der Waals surface area contributed by atoms with Crippen LogP contribution < -0.4 is 10.5 Å². The van der Waals surface area contributed by atoms with E-state index >= 15 is 0 Å². The minimum Gasteiger partial charge on any atom is -0.475 e. The number of hydrogen-bond donors (Lipinski definition) is 2. The summed E-state index contributed by atoms with van der Waals surface area (Å²) in [5.74, 6) is 0.584. The van der Waals surface area contributed by atoms with Gasteiger partial charge in [0.25, 0.3) is 0 Å². The molecule has 4 rings (SSSR count). The van der Waals surface area contributed by atoms with Gasteiger partial charge < -0.3 is 15.9 Å². The highest BCUT2D eigenvalue weighted by atomic mass is 32.1. The molecule has 3 N–H and O–H groups in total. The van der Waals surface area contributed by atoms with Crippen molar-refractivity contribution in [1.82, 2.24) is 4.98 Å². The molecule has 140 valence electrons. The van der Waals surface area contributed by atoms with E-state index in [1.165, 1.54) is 16.3 Å². The van der Waals surface area contributed by atoms with Crippen molar-refractivity contribution in [3.8, 4) is 27.4 Å². The lowest BCUT2D eigenvalue weighted by molar-refractivity contribution is 0.234. The molecule has 0 spiro atoms. The maximum absolute atomic E-state index is 7.83. The summed E-state index contributed by atoms with van der Waals surface area (Å²) in [5, 5.41) is 9.02. The number of pyridine rings is 1. The Bertz CT molecular complexity index is 1130. The number of nitrogen functional groups attached to an aromatic ring is 1. The molecule has 4 aromatic rings. The van der Waals surface area contributed by atoms with Gasteiger partial charge in [-0.25, -0.2) is 4.98 Å². The lowest BCUT2D eigenvalue weighted by Gasteiger charge is -2.15. The summed E-state index contributed by atoms with van der Waals surface area (Å²) in [6.07, 6.45) is 3.05. The van der Waals surface area contributed by atoms with Crippen LogP contribution in [0, 0.1) is 5.41 Å². The second-order valence-corrected chi connectivity index (χ2v) is 7.93. The molecule has 0 aliphatic rings. The Hall–Kier alpha value is -3.18. The van der Waals surface area contributed by atoms with Gasteiger partial charge in [-0.2, -0.15) is 0 Å². The molecule has 2 aromatic carbocycles. The largest absolute Gasteiger partial charge is 0.475 e. The molecule has 0 aliphatic heterocycles. The van der Waals surface area contributed by atoms with Crippen LogP contribution in [0.2, 0.25) is 0 Å². The molecule has 4 nitrogen and oxygen atoms in total. The summed E-state index contributed by atoms with van der Waals surface area (Å²) in [6, 6.07) is 18.3. The highest BCUT2D eigenvalue weighted by Crippen LogP contribution is 2.40. The van der Waals surface area contributed by atoms with Crippen LogP contribution in [0.1, 0.15) is 19.4 Å². The zero-order valence-electron chi connectivity index (χ0n) is 15.8. The fraction of sp³-hybridized carbons (Fsp3) is 0.130. The number of fused-ring (bicyclic) bond motifs is 1. The summed E-state index contributed by atoms with van der Waals surface area (Å²) in [7, 11) is 0. The maximum Gasteiger partial charge on any atom is 0.221 e. The number of thiophene rings is 1. The third-order valence-corrected chi connectivity index (χ3v) is 5.64. The SMILES string of the molecule is CC(C)Oc1ncccc1-c1cc(C=N)c(N)c(-c2cc3ccccc3s2)c1. The molecule has 0 unspecified atom stereocenters. The highest BCUT2D eigenvalue weighted by molar-refractivity contribution is 7.22. The summed E-state index contributed by atoms with van der Waals surface area (Å²) < 4.78 is 7.11. The summed E-state index contributed by atoms with van der Waals surface area (Å²) in [4.78, 5) is 5.48. The predicted octanol–water partition coefficient (Wildman–Crippen LogP) is 6.00. The van der Waals surface area contributed by atoms with Crippen molar-refractivity contribution in [1.29, 1.82) is 5.41 Å². The van der Waals surface area contributed by atoms with Crippen LogP contribution in [-0.2, 0) is 0 Å². The number of rotatable bonds is 5. The number of benzene rings is 2. The molecule has 0 saturated heterocycles. The quantitative estimate of drug-likeness (QED) is 0.326. The van der Waals surface area contributed by atoms with Crippen LogP contribution in [-0.4, -0.2) is 17.3 Å². The number of ether oxygens (including phenoxy) is 1. The van der Waals surface area contributed by atoms with Crippen LogP contribution in [0.3, 0.4) is 0 Å². The molecule has 0 bridgehead atoms. The molecule has 0 radical (unpaired) electrons. The third-order valence-electron chi connectivity index (χ3n) is 4.49. The van der Waals surface area contributed by atoms with E-state index in [1.54, 1.807) is 17.5 Å². The molecule has 0 aliphatic carbocycles. The smallest absolute Gasteiger partial charge is 0.221 e. The first-order valence-electron chi connectivity index (χ1n) is 9.12. The standard InChI is InChI=1S/C23H21N3OS/c1-14(2)27-23-18(7-5-9-26-23)16-10-17(13-24)22(25)19(11-16)21-12-15-6-3-4-8-20(15)28-21/h3-14,24H,25H2,1-2H3. The zero-order chi connectivity index (χ0) is 19.7. The van der Waals surface area contributed by atoms with Crippen molar-refractivity contribution in [2.75, 3.05) is 5.73 Å². The van der Waals surface area contributed by atoms with Crippen molar-refractivity contribution < 1.29 is 4.74 Å². The van der Waals surface area contributed by atoms with E-state index in [-0.39, 0.29) is 6.10 Å². The van der Waals surface area contributed by atoms with Gasteiger partial charge in [-0.3, -0.25) is 0 Å². The van der Waals surface area contributed by atoms with E-state index in [0.717, 1.165) is 21.6 Å². The molecule has 0 atom stereocenters. The Morgan fingerprint density at radius 2 is 1.89 bits per heavy atom. The third kappa shape index (κ3) is 3.37. The van der Waals surface area contributed by atoms with E-state index in [2.05, 4.69) is 29.2 Å². The lowest BCUT2D eigenvalue weighted by atomic mass is 9.97. The van der Waals surface area contributed by atoms with Crippen LogP contribution in [0.5, 0.6) is 5.88 Å². The number of nitrogens with one attached hydrogen (secondary N) is 1. The van der Waals surface area contributed by atoms with Gasteiger partial charge in [-0.1, -0.05) is 18.2 Å². The fourth-order valence-electron chi connectivity index (χ4n) is 3.20. The van der Waals surface area contributed by atoms with Crippen molar-refractivity contribution in [2.24, 2.45) is 0 Å². The molecule has 0 amide bonds. The molecule has 5 heteroatoms. The summed E-state index contributed by atoms with van der Waals surface area (Å²) in [5.41, 5.74) is 10.5. The van der Waals surface area contributed by atoms with E-state index in [1.807, 2.05) is 44.2 Å². The predicted molar refractivity (Wildman–Crippen MR) is 119 cm³/mol. The molecule has 2 heterocycles. The van der Waals surface area contributed by atoms with Crippen LogP contribution >= 0.6 is 11.3 Å². The number of nitrogens with two attached hydrogens (primary N) is 1. The van der Waals surface area contributed by atoms with Crippen LogP contribution in [0.4, 0.5) is 5.69 Å². The van der Waals surface area contributed by atoms with Gasteiger partial charge in [0.05, 0.1) is 6.10 Å². The van der Waals surface area contributed by atoms with Crippen LogP contribution in [0.15, 0.2) is 60.8 Å². The normalized spacial score (nSPS) is 11.1. The van der Waals surface area contributed by atoms with Gasteiger partial charge in [-0.15, -0.1) is 11.3 Å². The monoisotopic (exact) mass is 387 g/mol. The molecular weight excluding hydrogens is 366 g/mol. The van der Waals surface area contributed by atoms with Crippen LogP contribution in [0.25, 0.3) is 31.7 Å². The molecule has 0 fully saturated rings. The van der Waals surface area contributed by atoms with Gasteiger partial charge in [0.2, 0.25) is 5.88 Å². The highest BCUT2D eigenvalue weighted by Gasteiger charge is 2.16. The van der Waals surface area contributed by atoms with Gasteiger partial charge in [0, 0.05) is 44.4 Å². The van der Waals surface area contributed by atoms with E-state index < -0.39 is 0 Å². The number of anilines is 1. The number of nitrogens with zero attached hydrogens (tertiary/aromatic N) is 1. The van der Waals surface area contributed by atoms with Gasteiger partial charge in [0.1, 0.15) is 0 Å². The Morgan fingerprint density at radius 3 is 2.64 bits per heavy atom. The van der Waals surface area contributed by atoms with E-state index in [0.29, 0.717) is 17.1 Å². The average Bonchev–Trinajstić information content (AvgIpc) is 3.12. The van der Waals surface area contributed by atoms with Gasteiger partial charge in [0.15, 0.2) is 0 Å². The van der Waals surface area contributed by atoms with Gasteiger partial charge in [-0.05, 0) is 61.2 Å². The number of hydrogen-bond acceptors (Lipinski definition) is 5. The Balaban J connectivity index is 1.91. The second kappa shape index (κ2) is 7.44. The minimum atomic E-state index is 0.0201. The van der Waals surface area contributed by atoms with E-state index in [9.17, 15) is 0 Å². The molecule has 28 heavy (non-hydrogen) atoms. The van der Waals surface area contributed by atoms with Crippen molar-refractivity contribution in [3.05, 3.63) is 66.4 Å². The second-order valence-electron chi connectivity index (χ2n) is 6.84. The topological polar surface area (TPSA) is 72.0 Å². The fourth-order valence-corrected chi connectivity index (χ4v) is 4.29. The Labute approximate surface area is 168 Å². The first-order chi connectivity index (χ1) is 13.6. The Kier molecular flexibility index (Phi) is 4.84. The Morgan fingerprint density at radius 1 is 1.07 bits per heavy atom. The van der Waals surface area contributed by atoms with Crippen molar-refractivity contribution in [2.45, 2.75) is 20.0 Å². The van der Waals surface area contributed by atoms with Crippen molar-refractivity contribution >= 4 is 33.3 Å². The van der Waals surface area contributed by atoms with Crippen molar-refractivity contribution in [3.63, 3.8) is 0 Å². The first-order valence-corrected chi connectivity index (χ1v) is 9.93. The average molecular weight is 388 g/mol. The number of aromatic nitrogens is 1.